The summed E-state index contributed by atoms with van der Waals surface area (Å²) in [7, 11) is 0. The molecule has 92 valence electrons. The van der Waals surface area contributed by atoms with Crippen molar-refractivity contribution in [2.45, 2.75) is 78.7 Å². The average molecular weight is 213 g/mol. The Bertz CT molecular complexity index is 115. The number of nitrogens with zero attached hydrogens (tertiary/aromatic N) is 1. The van der Waals surface area contributed by atoms with Gasteiger partial charge in [-0.15, -0.1) is 0 Å². The summed E-state index contributed by atoms with van der Waals surface area (Å²) in [6.45, 7) is 11.9. The molecule has 0 rings (SSSR count). The highest BCUT2D eigenvalue weighted by Crippen LogP contribution is 2.10. The summed E-state index contributed by atoms with van der Waals surface area (Å²) in [5.41, 5.74) is 0. The van der Waals surface area contributed by atoms with E-state index in [1.54, 1.807) is 0 Å². The van der Waals surface area contributed by atoms with Gasteiger partial charge in [0.25, 0.3) is 0 Å². The second-order valence-electron chi connectivity index (χ2n) is 4.73. The maximum atomic E-state index is 2.70. The summed E-state index contributed by atoms with van der Waals surface area (Å²) >= 11 is 0. The third-order valence-corrected chi connectivity index (χ3v) is 3.20. The molecule has 0 aliphatic heterocycles. The minimum absolute atomic E-state index is 0.794. The second-order valence-corrected chi connectivity index (χ2v) is 4.73. The fourth-order valence-corrected chi connectivity index (χ4v) is 1.96. The molecule has 1 nitrogen and oxygen atoms in total. The molecule has 0 heterocycles. The predicted molar refractivity (Wildman–Crippen MR) is 70.4 cm³/mol. The molecule has 0 N–H and O–H groups in total. The Morgan fingerprint density at radius 1 is 0.800 bits per heavy atom. The summed E-state index contributed by atoms with van der Waals surface area (Å²) in [6.07, 6.45) is 9.46. The maximum Gasteiger partial charge on any atom is 0.00669 e. The Morgan fingerprint density at radius 3 is 1.67 bits per heavy atom. The van der Waals surface area contributed by atoms with Crippen LogP contribution in [0.5, 0.6) is 0 Å². The lowest BCUT2D eigenvalue weighted by Gasteiger charge is -2.29. The van der Waals surface area contributed by atoms with Crippen LogP contribution in [0.25, 0.3) is 0 Å². The Labute approximate surface area is 97.2 Å². The lowest BCUT2D eigenvalue weighted by molar-refractivity contribution is 0.191. The van der Waals surface area contributed by atoms with E-state index in [-0.39, 0.29) is 0 Å². The largest absolute Gasteiger partial charge is 0.301 e. The molecule has 0 aliphatic rings. The molecule has 0 aromatic rings. The molecule has 0 radical (unpaired) electrons. The quantitative estimate of drug-likeness (QED) is 0.517. The van der Waals surface area contributed by atoms with Gasteiger partial charge in [-0.1, -0.05) is 46.5 Å². The first-order valence-corrected chi connectivity index (χ1v) is 7.00. The molecule has 15 heavy (non-hydrogen) atoms. The van der Waals surface area contributed by atoms with E-state index in [9.17, 15) is 0 Å². The van der Waals surface area contributed by atoms with E-state index in [4.69, 9.17) is 0 Å². The van der Waals surface area contributed by atoms with Gasteiger partial charge in [-0.3, -0.25) is 0 Å². The van der Waals surface area contributed by atoms with Crippen molar-refractivity contribution in [1.29, 1.82) is 0 Å². The maximum absolute atomic E-state index is 2.70. The van der Waals surface area contributed by atoms with Crippen LogP contribution in [0.4, 0.5) is 0 Å². The van der Waals surface area contributed by atoms with Gasteiger partial charge in [0.2, 0.25) is 0 Å². The summed E-state index contributed by atoms with van der Waals surface area (Å²) in [5.74, 6) is 0. The van der Waals surface area contributed by atoms with Crippen molar-refractivity contribution in [3.05, 3.63) is 0 Å². The number of unbranched alkanes of at least 4 members (excludes halogenated alkanes) is 3. The standard InChI is InChI=1S/C14H31N/c1-5-8-11-14(4)15(12-9-6-2)13-10-7-3/h14H,5-13H2,1-4H3/t14-/m1/s1. The third kappa shape index (κ3) is 7.84. The average Bonchev–Trinajstić information content (AvgIpc) is 2.26. The van der Waals surface area contributed by atoms with E-state index in [2.05, 4.69) is 32.6 Å². The molecule has 0 aromatic carbocycles. The smallest absolute Gasteiger partial charge is 0.00669 e. The normalized spacial score (nSPS) is 13.4. The molecule has 1 heteroatoms. The van der Waals surface area contributed by atoms with Crippen LogP contribution in [-0.4, -0.2) is 24.0 Å². The van der Waals surface area contributed by atoms with Gasteiger partial charge >= 0.3 is 0 Å². The predicted octanol–water partition coefficient (Wildman–Crippen LogP) is 4.47. The van der Waals surface area contributed by atoms with Gasteiger partial charge in [-0.2, -0.15) is 0 Å². The monoisotopic (exact) mass is 213 g/mol. The van der Waals surface area contributed by atoms with Gasteiger partial charge in [-0.25, -0.2) is 0 Å². The van der Waals surface area contributed by atoms with Gasteiger partial charge in [0, 0.05) is 6.04 Å². The van der Waals surface area contributed by atoms with Crippen molar-refractivity contribution >= 4 is 0 Å². The molecule has 1 atom stereocenters. The van der Waals surface area contributed by atoms with Gasteiger partial charge in [0.15, 0.2) is 0 Å². The van der Waals surface area contributed by atoms with Crippen LogP contribution >= 0.6 is 0 Å². The van der Waals surface area contributed by atoms with Crippen LogP contribution in [0.3, 0.4) is 0 Å². The lowest BCUT2D eigenvalue weighted by atomic mass is 10.1. The lowest BCUT2D eigenvalue weighted by Crippen LogP contribution is -2.34. The molecule has 0 amide bonds. The first kappa shape index (κ1) is 15.0. The molecule has 0 fully saturated rings. The van der Waals surface area contributed by atoms with Crippen LogP contribution in [0.1, 0.15) is 72.6 Å². The zero-order valence-electron chi connectivity index (χ0n) is 11.4. The summed E-state index contributed by atoms with van der Waals surface area (Å²) in [5, 5.41) is 0. The molecular weight excluding hydrogens is 182 g/mol. The van der Waals surface area contributed by atoms with E-state index in [1.165, 1.54) is 58.0 Å². The van der Waals surface area contributed by atoms with E-state index in [1.807, 2.05) is 0 Å². The SMILES string of the molecule is CCCC[C@@H](C)N(CCCC)CCCC. The molecule has 0 aromatic heterocycles. The van der Waals surface area contributed by atoms with Gasteiger partial charge in [0.05, 0.1) is 0 Å². The molecule has 0 unspecified atom stereocenters. The van der Waals surface area contributed by atoms with Crippen molar-refractivity contribution in [3.63, 3.8) is 0 Å². The van der Waals surface area contributed by atoms with Crippen molar-refractivity contribution in [2.24, 2.45) is 0 Å². The third-order valence-electron chi connectivity index (χ3n) is 3.20. The summed E-state index contributed by atoms with van der Waals surface area (Å²) in [4.78, 5) is 2.70. The topological polar surface area (TPSA) is 3.24 Å². The highest BCUT2D eigenvalue weighted by molar-refractivity contribution is 4.67. The van der Waals surface area contributed by atoms with Crippen LogP contribution in [0.15, 0.2) is 0 Å². The zero-order valence-corrected chi connectivity index (χ0v) is 11.4. The molecule has 0 bridgehead atoms. The van der Waals surface area contributed by atoms with Crippen LogP contribution in [0, 0.1) is 0 Å². The van der Waals surface area contributed by atoms with E-state index < -0.39 is 0 Å². The Kier molecular flexibility index (Phi) is 10.4. The first-order chi connectivity index (χ1) is 7.26. The Morgan fingerprint density at radius 2 is 1.27 bits per heavy atom. The molecule has 0 aliphatic carbocycles. The van der Waals surface area contributed by atoms with E-state index >= 15 is 0 Å². The van der Waals surface area contributed by atoms with Crippen molar-refractivity contribution in [1.82, 2.24) is 4.90 Å². The Hall–Kier alpha value is -0.0400. The van der Waals surface area contributed by atoms with E-state index in [0.29, 0.717) is 0 Å². The van der Waals surface area contributed by atoms with Crippen LogP contribution in [-0.2, 0) is 0 Å². The zero-order chi connectivity index (χ0) is 11.5. The fraction of sp³-hybridized carbons (Fsp3) is 1.00. The van der Waals surface area contributed by atoms with Crippen molar-refractivity contribution in [3.8, 4) is 0 Å². The second kappa shape index (κ2) is 10.5. The van der Waals surface area contributed by atoms with Gasteiger partial charge < -0.3 is 4.90 Å². The van der Waals surface area contributed by atoms with Crippen molar-refractivity contribution < 1.29 is 0 Å². The molecular formula is C14H31N. The highest BCUT2D eigenvalue weighted by atomic mass is 15.1. The number of hydrogen-bond donors (Lipinski definition) is 0. The highest BCUT2D eigenvalue weighted by Gasteiger charge is 2.11. The minimum Gasteiger partial charge on any atom is -0.301 e. The van der Waals surface area contributed by atoms with Crippen LogP contribution < -0.4 is 0 Å². The molecule has 0 spiro atoms. The molecule has 0 saturated heterocycles. The summed E-state index contributed by atoms with van der Waals surface area (Å²) < 4.78 is 0. The van der Waals surface area contributed by atoms with Gasteiger partial charge in [0.1, 0.15) is 0 Å². The van der Waals surface area contributed by atoms with Crippen molar-refractivity contribution in [2.75, 3.05) is 13.1 Å². The number of hydrogen-bond acceptors (Lipinski definition) is 1. The van der Waals surface area contributed by atoms with Crippen LogP contribution in [0.2, 0.25) is 0 Å². The van der Waals surface area contributed by atoms with Gasteiger partial charge in [-0.05, 0) is 39.3 Å². The summed E-state index contributed by atoms with van der Waals surface area (Å²) in [6, 6.07) is 0.794. The Balaban J connectivity index is 3.84. The fourth-order valence-electron chi connectivity index (χ4n) is 1.96. The first-order valence-electron chi connectivity index (χ1n) is 7.00. The number of rotatable bonds is 10. The minimum atomic E-state index is 0.794. The van der Waals surface area contributed by atoms with E-state index in [0.717, 1.165) is 6.04 Å². The molecule has 0 saturated carbocycles.